The van der Waals surface area contributed by atoms with Gasteiger partial charge in [-0.25, -0.2) is 0 Å². The number of carbonyl (C=O) groups excluding carboxylic acids is 1. The molecule has 0 aromatic rings. The van der Waals surface area contributed by atoms with E-state index < -0.39 is 28.2 Å². The Balaban J connectivity index is 1.64. The average Bonchev–Trinajstić information content (AvgIpc) is 3.18. The Kier molecular flexibility index (Phi) is 5.32. The number of Topliss-reactive ketones (excluding diaryl/α,β-unsaturated/α-hetero) is 1. The number of carbonyl (C=O) groups is 3. The Bertz CT molecular complexity index is 997. The summed E-state index contributed by atoms with van der Waals surface area (Å²) in [6, 6.07) is 0. The third-order valence-corrected chi connectivity index (χ3v) is 13.0. The Morgan fingerprint density at radius 3 is 2.14 bits per heavy atom. The van der Waals surface area contributed by atoms with Crippen LogP contribution in [0.5, 0.6) is 0 Å². The van der Waals surface area contributed by atoms with Crippen molar-refractivity contribution >= 4 is 17.7 Å². The van der Waals surface area contributed by atoms with Gasteiger partial charge in [0, 0.05) is 11.8 Å². The number of fused-ring (bicyclic) bond motifs is 7. The van der Waals surface area contributed by atoms with Crippen molar-refractivity contribution in [2.75, 3.05) is 0 Å². The van der Waals surface area contributed by atoms with E-state index in [1.807, 2.05) is 6.92 Å². The number of allylic oxidation sites excluding steroid dienone is 1. The van der Waals surface area contributed by atoms with Gasteiger partial charge in [0.25, 0.3) is 0 Å². The zero-order valence-electron chi connectivity index (χ0n) is 22.3. The highest BCUT2D eigenvalue weighted by atomic mass is 16.4. The van der Waals surface area contributed by atoms with Gasteiger partial charge in [-0.15, -0.1) is 0 Å². The molecule has 0 amide bonds. The monoisotopic (exact) mass is 484 g/mol. The van der Waals surface area contributed by atoms with Gasteiger partial charge < -0.3 is 10.2 Å². The van der Waals surface area contributed by atoms with Gasteiger partial charge in [0.1, 0.15) is 5.78 Å². The maximum absolute atomic E-state index is 13.5. The molecule has 5 fully saturated rings. The third-order valence-electron chi connectivity index (χ3n) is 13.0. The van der Waals surface area contributed by atoms with E-state index in [1.165, 1.54) is 0 Å². The number of rotatable bonds is 3. The molecule has 0 aromatic heterocycles. The second-order valence-electron chi connectivity index (χ2n) is 14.2. The topological polar surface area (TPSA) is 91.7 Å². The van der Waals surface area contributed by atoms with Gasteiger partial charge in [-0.2, -0.15) is 0 Å². The summed E-state index contributed by atoms with van der Waals surface area (Å²) in [5.74, 6) is -0.819. The fourth-order valence-electron chi connectivity index (χ4n) is 11.4. The predicted molar refractivity (Wildman–Crippen MR) is 134 cm³/mol. The molecule has 0 bridgehead atoms. The molecule has 0 heterocycles. The average molecular weight is 485 g/mol. The first-order chi connectivity index (χ1) is 16.2. The SMILES string of the molecule is C=C(C)[C@@H]1CC[C@]2(C(=O)O)CC[C@]3(C(=O)O)[C@H](CC[C@@H]4[C@@]5(C)CCC(=O)C(C)(C)[C@@H]5CC[C@]43C)[C@@H]12. The number of carboxylic acid groups (broad SMARTS) is 2. The van der Waals surface area contributed by atoms with E-state index in [1.54, 1.807) is 0 Å². The number of hydrogen-bond donors (Lipinski definition) is 2. The smallest absolute Gasteiger partial charge is 0.310 e. The van der Waals surface area contributed by atoms with Gasteiger partial charge in [-0.1, -0.05) is 39.8 Å². The maximum Gasteiger partial charge on any atom is 0.310 e. The van der Waals surface area contributed by atoms with Crippen molar-refractivity contribution in [3.63, 3.8) is 0 Å². The van der Waals surface area contributed by atoms with Gasteiger partial charge in [-0.05, 0) is 105 Å². The molecule has 5 rings (SSSR count). The zero-order valence-corrected chi connectivity index (χ0v) is 22.3. The van der Waals surface area contributed by atoms with Crippen LogP contribution in [-0.2, 0) is 14.4 Å². The lowest BCUT2D eigenvalue weighted by Gasteiger charge is -2.71. The fourth-order valence-corrected chi connectivity index (χ4v) is 11.4. The lowest BCUT2D eigenvalue weighted by Crippen LogP contribution is -2.69. The highest BCUT2D eigenvalue weighted by molar-refractivity contribution is 5.85. The van der Waals surface area contributed by atoms with Crippen molar-refractivity contribution < 1.29 is 24.6 Å². The molecular weight excluding hydrogens is 440 g/mol. The summed E-state index contributed by atoms with van der Waals surface area (Å²) in [6.07, 6.45) is 7.15. The van der Waals surface area contributed by atoms with Crippen LogP contribution in [0.1, 0.15) is 98.8 Å². The van der Waals surface area contributed by atoms with E-state index in [2.05, 4.69) is 34.3 Å². The van der Waals surface area contributed by atoms with Gasteiger partial charge in [0.2, 0.25) is 0 Å². The predicted octanol–water partition coefficient (Wildman–Crippen LogP) is 6.36. The lowest BCUT2D eigenvalue weighted by molar-refractivity contribution is -0.245. The first kappa shape index (κ1) is 25.0. The second-order valence-corrected chi connectivity index (χ2v) is 14.2. The molecule has 0 aromatic carbocycles. The second kappa shape index (κ2) is 7.44. The molecular formula is C30H44O5. The van der Waals surface area contributed by atoms with Crippen LogP contribution in [0.15, 0.2) is 12.2 Å². The van der Waals surface area contributed by atoms with Crippen molar-refractivity contribution in [3.05, 3.63) is 12.2 Å². The largest absolute Gasteiger partial charge is 0.481 e. The van der Waals surface area contributed by atoms with Crippen molar-refractivity contribution in [3.8, 4) is 0 Å². The van der Waals surface area contributed by atoms with Crippen LogP contribution in [0.4, 0.5) is 0 Å². The van der Waals surface area contributed by atoms with Crippen molar-refractivity contribution in [2.24, 2.45) is 56.7 Å². The molecule has 0 saturated heterocycles. The summed E-state index contributed by atoms with van der Waals surface area (Å²) in [7, 11) is 0. The summed E-state index contributed by atoms with van der Waals surface area (Å²) >= 11 is 0. The molecule has 0 unspecified atom stereocenters. The van der Waals surface area contributed by atoms with Crippen LogP contribution in [0, 0.1) is 56.7 Å². The van der Waals surface area contributed by atoms with Crippen molar-refractivity contribution in [2.45, 2.75) is 98.8 Å². The number of hydrogen-bond acceptors (Lipinski definition) is 3. The van der Waals surface area contributed by atoms with Gasteiger partial charge >= 0.3 is 11.9 Å². The van der Waals surface area contributed by atoms with E-state index in [0.29, 0.717) is 31.5 Å². The Labute approximate surface area is 210 Å². The summed E-state index contributed by atoms with van der Waals surface area (Å²) in [6.45, 7) is 15.0. The summed E-state index contributed by atoms with van der Waals surface area (Å²) in [5, 5.41) is 21.6. The van der Waals surface area contributed by atoms with Crippen LogP contribution >= 0.6 is 0 Å². The van der Waals surface area contributed by atoms with Crippen LogP contribution in [0.2, 0.25) is 0 Å². The molecule has 0 radical (unpaired) electrons. The molecule has 5 aliphatic rings. The molecule has 9 atom stereocenters. The molecule has 2 N–H and O–H groups in total. The molecule has 35 heavy (non-hydrogen) atoms. The summed E-state index contributed by atoms with van der Waals surface area (Å²) < 4.78 is 0. The van der Waals surface area contributed by atoms with E-state index in [-0.39, 0.29) is 40.4 Å². The van der Waals surface area contributed by atoms with E-state index in [4.69, 9.17) is 0 Å². The van der Waals surface area contributed by atoms with Crippen LogP contribution < -0.4 is 0 Å². The fraction of sp³-hybridized carbons (Fsp3) is 0.833. The molecule has 0 aliphatic heterocycles. The minimum atomic E-state index is -0.919. The van der Waals surface area contributed by atoms with Crippen LogP contribution in [0.25, 0.3) is 0 Å². The standard InChI is InChI=1S/C30H44O5/c1-17(2)18-9-14-29(24(32)33)15-16-30(25(34)35)19(23(18)29)7-8-21-27(5)12-11-22(31)26(3,4)20(27)10-13-28(21,30)6/h18-21,23H,1,7-16H2,2-6H3,(H,32,33)(H,34,35)/t18-,19+,20-,21+,23+,27-,28+,29-,30+/m0/s1. The summed E-state index contributed by atoms with van der Waals surface area (Å²) in [5.41, 5.74) is -1.58. The molecule has 5 heteroatoms. The molecule has 194 valence electrons. The normalized spacial score (nSPS) is 50.3. The van der Waals surface area contributed by atoms with Gasteiger partial charge in [0.15, 0.2) is 0 Å². The first-order valence-electron chi connectivity index (χ1n) is 13.9. The molecule has 5 nitrogen and oxygen atoms in total. The molecule has 5 saturated carbocycles. The lowest BCUT2D eigenvalue weighted by atomic mass is 9.32. The summed E-state index contributed by atoms with van der Waals surface area (Å²) in [4.78, 5) is 39.2. The van der Waals surface area contributed by atoms with Crippen LogP contribution in [0.3, 0.4) is 0 Å². The van der Waals surface area contributed by atoms with E-state index >= 15 is 0 Å². The Morgan fingerprint density at radius 1 is 0.857 bits per heavy atom. The number of aliphatic carboxylic acids is 2. The number of ketones is 1. The van der Waals surface area contributed by atoms with Gasteiger partial charge in [0.05, 0.1) is 10.8 Å². The van der Waals surface area contributed by atoms with E-state index in [0.717, 1.165) is 44.1 Å². The third kappa shape index (κ3) is 2.79. The number of carboxylic acids is 2. The highest BCUT2D eigenvalue weighted by Gasteiger charge is 2.75. The first-order valence-corrected chi connectivity index (χ1v) is 13.9. The van der Waals surface area contributed by atoms with Crippen LogP contribution in [-0.4, -0.2) is 27.9 Å². The molecule has 5 aliphatic carbocycles. The van der Waals surface area contributed by atoms with Gasteiger partial charge in [-0.3, -0.25) is 14.4 Å². The minimum Gasteiger partial charge on any atom is -0.481 e. The van der Waals surface area contributed by atoms with Crippen molar-refractivity contribution in [1.82, 2.24) is 0 Å². The molecule has 0 spiro atoms. The minimum absolute atomic E-state index is 0.0669. The zero-order chi connectivity index (χ0) is 25.8. The highest BCUT2D eigenvalue weighted by Crippen LogP contribution is 2.77. The van der Waals surface area contributed by atoms with E-state index in [9.17, 15) is 24.6 Å². The Hall–Kier alpha value is -1.65. The van der Waals surface area contributed by atoms with Crippen molar-refractivity contribution in [1.29, 1.82) is 0 Å². The Morgan fingerprint density at radius 2 is 1.54 bits per heavy atom. The quantitative estimate of drug-likeness (QED) is 0.455. The maximum atomic E-state index is 13.5.